The third kappa shape index (κ3) is 7.47. The van der Waals surface area contributed by atoms with Crippen molar-refractivity contribution in [2.24, 2.45) is 0 Å². The Hall–Kier alpha value is -3.56. The molecular formula is C28H33N3O5S. The molecule has 9 heteroatoms. The lowest BCUT2D eigenvalue weighted by Crippen LogP contribution is -2.44. The van der Waals surface area contributed by atoms with Gasteiger partial charge in [0, 0.05) is 36.9 Å². The van der Waals surface area contributed by atoms with Crippen molar-refractivity contribution in [2.45, 2.75) is 33.4 Å². The van der Waals surface area contributed by atoms with Crippen molar-refractivity contribution in [1.82, 2.24) is 9.80 Å². The number of thiophene rings is 1. The van der Waals surface area contributed by atoms with Gasteiger partial charge in [-0.15, -0.1) is 11.3 Å². The SMILES string of the molecule is CCOCCCN(CC(=O)N(Cc1ccc2c(c1)OCO2)Cc1sccc1C)C(=O)Nc1ccccc1. The van der Waals surface area contributed by atoms with Crippen molar-refractivity contribution in [2.75, 3.05) is 38.4 Å². The molecule has 3 amide bonds. The van der Waals surface area contributed by atoms with Crippen molar-refractivity contribution in [3.05, 3.63) is 76.0 Å². The summed E-state index contributed by atoms with van der Waals surface area (Å²) in [5.41, 5.74) is 2.76. The summed E-state index contributed by atoms with van der Waals surface area (Å²) in [4.78, 5) is 31.3. The van der Waals surface area contributed by atoms with E-state index in [2.05, 4.69) is 11.4 Å². The topological polar surface area (TPSA) is 80.3 Å². The number of para-hydroxylation sites is 1. The minimum Gasteiger partial charge on any atom is -0.454 e. The first-order chi connectivity index (χ1) is 18.0. The summed E-state index contributed by atoms with van der Waals surface area (Å²) in [6.07, 6.45) is 0.634. The maximum absolute atomic E-state index is 13.7. The first-order valence-electron chi connectivity index (χ1n) is 12.4. The number of carbonyl (C=O) groups is 2. The summed E-state index contributed by atoms with van der Waals surface area (Å²) in [6, 6.07) is 16.7. The fraction of sp³-hybridized carbons (Fsp3) is 0.357. The normalized spacial score (nSPS) is 11.8. The number of nitrogens with zero attached hydrogens (tertiary/aromatic N) is 2. The molecule has 0 unspecified atom stereocenters. The first-order valence-corrected chi connectivity index (χ1v) is 13.3. The van der Waals surface area contributed by atoms with E-state index in [1.807, 2.05) is 67.8 Å². The second-order valence-corrected chi connectivity index (χ2v) is 9.73. The van der Waals surface area contributed by atoms with Crippen LogP contribution in [0.5, 0.6) is 11.5 Å². The van der Waals surface area contributed by atoms with Gasteiger partial charge in [-0.3, -0.25) is 4.79 Å². The molecule has 1 aliphatic rings. The van der Waals surface area contributed by atoms with Crippen LogP contribution in [0.4, 0.5) is 10.5 Å². The number of hydrogen-bond donors (Lipinski definition) is 1. The van der Waals surface area contributed by atoms with E-state index in [1.165, 1.54) is 0 Å². The molecule has 8 nitrogen and oxygen atoms in total. The molecule has 0 saturated carbocycles. The Morgan fingerprint density at radius 2 is 1.84 bits per heavy atom. The van der Waals surface area contributed by atoms with Gasteiger partial charge < -0.3 is 29.3 Å². The number of amides is 3. The summed E-state index contributed by atoms with van der Waals surface area (Å²) >= 11 is 1.62. The lowest BCUT2D eigenvalue weighted by Gasteiger charge is -2.28. The molecule has 2 aromatic carbocycles. The summed E-state index contributed by atoms with van der Waals surface area (Å²) in [5, 5.41) is 4.94. The molecule has 4 rings (SSSR count). The number of aryl methyl sites for hydroxylation is 1. The number of carbonyl (C=O) groups excluding carboxylic acids is 2. The highest BCUT2D eigenvalue weighted by Gasteiger charge is 2.23. The zero-order valence-electron chi connectivity index (χ0n) is 21.3. The van der Waals surface area contributed by atoms with E-state index in [0.29, 0.717) is 56.5 Å². The number of nitrogens with one attached hydrogen (secondary N) is 1. The second-order valence-electron chi connectivity index (χ2n) is 8.73. The highest BCUT2D eigenvalue weighted by molar-refractivity contribution is 7.10. The van der Waals surface area contributed by atoms with Crippen LogP contribution < -0.4 is 14.8 Å². The van der Waals surface area contributed by atoms with Gasteiger partial charge in [-0.2, -0.15) is 0 Å². The molecule has 1 aromatic heterocycles. The Morgan fingerprint density at radius 1 is 1.03 bits per heavy atom. The first kappa shape index (κ1) is 26.5. The molecule has 0 radical (unpaired) electrons. The molecule has 0 bridgehead atoms. The molecule has 196 valence electrons. The van der Waals surface area contributed by atoms with E-state index in [0.717, 1.165) is 16.0 Å². The van der Waals surface area contributed by atoms with Crippen LogP contribution in [0.25, 0.3) is 0 Å². The Balaban J connectivity index is 1.50. The molecule has 37 heavy (non-hydrogen) atoms. The van der Waals surface area contributed by atoms with Crippen LogP contribution in [-0.2, 0) is 22.6 Å². The summed E-state index contributed by atoms with van der Waals surface area (Å²) in [7, 11) is 0. The van der Waals surface area contributed by atoms with Crippen molar-refractivity contribution < 1.29 is 23.8 Å². The lowest BCUT2D eigenvalue weighted by atomic mass is 10.1. The maximum Gasteiger partial charge on any atom is 0.322 e. The number of fused-ring (bicyclic) bond motifs is 1. The molecular weight excluding hydrogens is 490 g/mol. The third-order valence-corrected chi connectivity index (χ3v) is 7.03. The van der Waals surface area contributed by atoms with Crippen LogP contribution in [0.15, 0.2) is 60.0 Å². The van der Waals surface area contributed by atoms with Crippen LogP contribution in [0.1, 0.15) is 29.3 Å². The fourth-order valence-corrected chi connectivity index (χ4v) is 4.89. The van der Waals surface area contributed by atoms with Gasteiger partial charge in [-0.05, 0) is 67.1 Å². The Morgan fingerprint density at radius 3 is 2.59 bits per heavy atom. The molecule has 1 aliphatic heterocycles. The number of benzene rings is 2. The van der Waals surface area contributed by atoms with E-state index in [1.54, 1.807) is 21.1 Å². The average Bonchev–Trinajstić information content (AvgIpc) is 3.54. The van der Waals surface area contributed by atoms with Crippen molar-refractivity contribution in [1.29, 1.82) is 0 Å². The predicted molar refractivity (Wildman–Crippen MR) is 144 cm³/mol. The van der Waals surface area contributed by atoms with Gasteiger partial charge >= 0.3 is 6.03 Å². The van der Waals surface area contributed by atoms with Crippen molar-refractivity contribution in [3.8, 4) is 11.5 Å². The Bertz CT molecular complexity index is 1180. The largest absolute Gasteiger partial charge is 0.454 e. The van der Waals surface area contributed by atoms with Gasteiger partial charge in [0.05, 0.1) is 6.54 Å². The number of anilines is 1. The average molecular weight is 524 g/mol. The molecule has 0 atom stereocenters. The van der Waals surface area contributed by atoms with Crippen LogP contribution in [-0.4, -0.2) is 54.8 Å². The number of rotatable bonds is 12. The molecule has 0 aliphatic carbocycles. The minimum atomic E-state index is -0.314. The van der Waals surface area contributed by atoms with Gasteiger partial charge in [-0.1, -0.05) is 24.3 Å². The van der Waals surface area contributed by atoms with Crippen molar-refractivity contribution in [3.63, 3.8) is 0 Å². The van der Waals surface area contributed by atoms with E-state index in [4.69, 9.17) is 14.2 Å². The van der Waals surface area contributed by atoms with Crippen molar-refractivity contribution >= 4 is 29.0 Å². The molecule has 3 aromatic rings. The van der Waals surface area contributed by atoms with Crippen LogP contribution in [0, 0.1) is 6.92 Å². The highest BCUT2D eigenvalue weighted by atomic mass is 32.1. The molecule has 1 N–H and O–H groups in total. The predicted octanol–water partition coefficient (Wildman–Crippen LogP) is 5.27. The Labute approximate surface area is 221 Å². The maximum atomic E-state index is 13.7. The molecule has 2 heterocycles. The van der Waals surface area contributed by atoms with Gasteiger partial charge in [0.25, 0.3) is 0 Å². The van der Waals surface area contributed by atoms with Gasteiger partial charge in [0.15, 0.2) is 11.5 Å². The van der Waals surface area contributed by atoms with Crippen LogP contribution in [0.3, 0.4) is 0 Å². The highest BCUT2D eigenvalue weighted by Crippen LogP contribution is 2.33. The van der Waals surface area contributed by atoms with Crippen LogP contribution in [0.2, 0.25) is 0 Å². The fourth-order valence-electron chi connectivity index (χ4n) is 3.97. The minimum absolute atomic E-state index is 0.0419. The zero-order chi connectivity index (χ0) is 26.0. The zero-order valence-corrected chi connectivity index (χ0v) is 22.1. The summed E-state index contributed by atoms with van der Waals surface area (Å²) in [6.45, 7) is 6.52. The summed E-state index contributed by atoms with van der Waals surface area (Å²) < 4.78 is 16.4. The standard InChI is InChI=1S/C28H33N3O5S/c1-3-34-14-7-13-30(28(33)29-23-8-5-4-6-9-23)19-27(32)31(18-26-21(2)12-15-37-26)17-22-10-11-24-25(16-22)36-20-35-24/h4-6,8-12,15-16H,3,7,13-14,17-20H2,1-2H3,(H,29,33). The molecule has 0 fully saturated rings. The van der Waals surface area contributed by atoms with E-state index in [-0.39, 0.29) is 25.3 Å². The number of urea groups is 1. The van der Waals surface area contributed by atoms with E-state index in [9.17, 15) is 9.59 Å². The van der Waals surface area contributed by atoms with E-state index < -0.39 is 0 Å². The smallest absolute Gasteiger partial charge is 0.322 e. The Kier molecular flexibility index (Phi) is 9.40. The van der Waals surface area contributed by atoms with Gasteiger partial charge in [-0.25, -0.2) is 4.79 Å². The van der Waals surface area contributed by atoms with E-state index >= 15 is 0 Å². The number of hydrogen-bond acceptors (Lipinski definition) is 6. The molecule has 0 spiro atoms. The quantitative estimate of drug-likeness (QED) is 0.327. The second kappa shape index (κ2) is 13.1. The third-order valence-electron chi connectivity index (χ3n) is 6.02. The monoisotopic (exact) mass is 523 g/mol. The van der Waals surface area contributed by atoms with Gasteiger partial charge in [0.2, 0.25) is 12.7 Å². The summed E-state index contributed by atoms with van der Waals surface area (Å²) in [5.74, 6) is 1.25. The number of ether oxygens (including phenoxy) is 3. The van der Waals surface area contributed by atoms with Crippen LogP contribution >= 0.6 is 11.3 Å². The lowest BCUT2D eigenvalue weighted by molar-refractivity contribution is -0.133. The van der Waals surface area contributed by atoms with Gasteiger partial charge in [0.1, 0.15) is 6.54 Å². The molecule has 0 saturated heterocycles.